The molecule has 17 fully saturated rings. The number of aliphatic hydroxyl groups excluding tert-OH is 3. The predicted molar refractivity (Wildman–Crippen MR) is 471 cm³/mol. The second-order valence-corrected chi connectivity index (χ2v) is 48.4. The summed E-state index contributed by atoms with van der Waals surface area (Å²) in [7, 11) is 0. The van der Waals surface area contributed by atoms with Crippen molar-refractivity contribution < 1.29 is 44.1 Å². The van der Waals surface area contributed by atoms with E-state index in [0.717, 1.165) is 198 Å². The summed E-state index contributed by atoms with van der Waals surface area (Å²) in [4.78, 5) is 71.8. The zero-order chi connectivity index (χ0) is 83.4. The van der Waals surface area contributed by atoms with Crippen LogP contribution in [0.2, 0.25) is 0 Å². The third-order valence-corrected chi connectivity index (χ3v) is 43.8. The van der Waals surface area contributed by atoms with E-state index in [2.05, 4.69) is 121 Å². The Morgan fingerprint density at radius 3 is 1.26 bits per heavy atom. The number of ketones is 6. The molecule has 0 aromatic carbocycles. The van der Waals surface area contributed by atoms with Crippen molar-refractivity contribution in [3.8, 4) is 0 Å². The van der Waals surface area contributed by atoms with Crippen LogP contribution in [0.4, 0.5) is 0 Å². The van der Waals surface area contributed by atoms with Crippen molar-refractivity contribution in [1.29, 1.82) is 0 Å². The maximum atomic E-state index is 12.2. The molecule has 117 heavy (non-hydrogen) atoms. The van der Waals surface area contributed by atoms with Crippen LogP contribution in [-0.4, -0.2) is 68.3 Å². The van der Waals surface area contributed by atoms with Crippen LogP contribution in [0, 0.1) is 184 Å². The van der Waals surface area contributed by atoms with Gasteiger partial charge in [0.2, 0.25) is 0 Å². The highest BCUT2D eigenvalue weighted by molar-refractivity contribution is 5.92. The summed E-state index contributed by atoms with van der Waals surface area (Å²) >= 11 is 0. The minimum Gasteiger partial charge on any atom is -0.393 e. The molecule has 0 bridgehead atoms. The summed E-state index contributed by atoms with van der Waals surface area (Å²) in [6.45, 7) is 37.6. The van der Waals surface area contributed by atoms with Gasteiger partial charge in [-0.15, -0.1) is 0 Å². The van der Waals surface area contributed by atoms with Gasteiger partial charge in [0.05, 0.1) is 18.3 Å². The van der Waals surface area contributed by atoms with E-state index in [1.165, 1.54) is 164 Å². The van der Waals surface area contributed by atoms with E-state index in [4.69, 9.17) is 0 Å². The summed E-state index contributed by atoms with van der Waals surface area (Å²) in [6, 6.07) is 0. The molecular weight excluding hydrogens is 1440 g/mol. The van der Waals surface area contributed by atoms with Crippen molar-refractivity contribution in [2.75, 3.05) is 0 Å². The molecule has 34 atom stereocenters. The first kappa shape index (κ1) is 87.1. The highest BCUT2D eigenvalue weighted by Crippen LogP contribution is 2.73. The van der Waals surface area contributed by atoms with E-state index in [0.29, 0.717) is 104 Å². The second kappa shape index (κ2) is 32.2. The quantitative estimate of drug-likeness (QED) is 0.220. The standard InChI is InChI=1S/C28H44O.2C21H32O2.2C19H28O2/c1-18(2)19(3)7-8-20(4)24-11-12-25-23-10-9-21-17-22(29)13-15-27(21,5)26(23)14-16-28(24,25)6;2*1-13(22)17-6-7-18-16-5-4-14-12-15(23)8-10-20(14,2)19(16)9-11-21(17,18)3;2*1-18-9-7-13(20)11-12(18)3-4-14-15-5-6-17(21)19(15,2)10-8-16(14)18/h7-10,18-20,22,24-26,29H,11-17H2,1-6H3;2*14,16-19H,4-12H2,1-3H3;2*11,14-17,21H,3-10H2,1-2H3/b8-7+;;;;/t19-,20+,22-,24+,25-,26+,27+,28+;2*14-,16+,17-,18+,19-,20-,21-;2*14-,15-,16-,17-,18-,19-/m01010/s1. The molecule has 0 saturated heterocycles. The van der Waals surface area contributed by atoms with Crippen molar-refractivity contribution in [3.63, 3.8) is 0 Å². The van der Waals surface area contributed by atoms with Crippen LogP contribution in [-0.2, 0) is 28.8 Å². The number of fused-ring (bicyclic) bond motifs is 25. The molecule has 20 aliphatic rings. The molecule has 0 unspecified atom stereocenters. The van der Waals surface area contributed by atoms with Crippen LogP contribution in [0.15, 0.2) is 58.7 Å². The number of carbonyl (C=O) groups excluding carboxylic acids is 6. The number of allylic oxidation sites excluding steroid dienone is 7. The van der Waals surface area contributed by atoms with Crippen molar-refractivity contribution >= 4 is 34.7 Å². The number of hydrogen-bond acceptors (Lipinski definition) is 9. The van der Waals surface area contributed by atoms with Crippen LogP contribution in [0.25, 0.3) is 0 Å². The minimum atomic E-state index is -0.116. The van der Waals surface area contributed by atoms with Crippen LogP contribution in [0.5, 0.6) is 0 Å². The molecule has 0 spiro atoms. The molecule has 17 saturated carbocycles. The van der Waals surface area contributed by atoms with Crippen molar-refractivity contribution in [2.45, 2.75) is 392 Å². The lowest BCUT2D eigenvalue weighted by atomic mass is 9.44. The van der Waals surface area contributed by atoms with Gasteiger partial charge in [-0.2, -0.15) is 0 Å². The van der Waals surface area contributed by atoms with Crippen molar-refractivity contribution in [1.82, 2.24) is 0 Å². The van der Waals surface area contributed by atoms with Crippen LogP contribution in [0.3, 0.4) is 0 Å². The van der Waals surface area contributed by atoms with Crippen LogP contribution < -0.4 is 0 Å². The van der Waals surface area contributed by atoms with Gasteiger partial charge in [-0.1, -0.05) is 144 Å². The first-order valence-corrected chi connectivity index (χ1v) is 49.9. The van der Waals surface area contributed by atoms with Crippen LogP contribution in [0.1, 0.15) is 374 Å². The Kier molecular flexibility index (Phi) is 24.0. The summed E-state index contributed by atoms with van der Waals surface area (Å²) in [5.74, 6) is 18.0. The average Bonchev–Trinajstić information content (AvgIpc) is 1.70. The van der Waals surface area contributed by atoms with Crippen LogP contribution >= 0.6 is 0 Å². The zero-order valence-electron chi connectivity index (χ0n) is 76.7. The summed E-state index contributed by atoms with van der Waals surface area (Å²) < 4.78 is 0. The topological polar surface area (TPSA) is 163 Å². The number of carbonyl (C=O) groups is 6. The Morgan fingerprint density at radius 2 is 0.786 bits per heavy atom. The largest absolute Gasteiger partial charge is 0.393 e. The number of aliphatic hydroxyl groups is 3. The molecule has 20 rings (SSSR count). The van der Waals surface area contributed by atoms with E-state index >= 15 is 0 Å². The van der Waals surface area contributed by atoms with Gasteiger partial charge >= 0.3 is 0 Å². The summed E-state index contributed by atoms with van der Waals surface area (Å²) in [6.07, 6.45) is 60.3. The monoisotopic (exact) mass is 1610 g/mol. The van der Waals surface area contributed by atoms with Gasteiger partial charge in [0.25, 0.3) is 0 Å². The molecule has 650 valence electrons. The van der Waals surface area contributed by atoms with Gasteiger partial charge in [0.15, 0.2) is 11.6 Å². The third-order valence-electron chi connectivity index (χ3n) is 43.8. The number of hydrogen-bond donors (Lipinski definition) is 3. The van der Waals surface area contributed by atoms with Gasteiger partial charge < -0.3 is 15.3 Å². The lowest BCUT2D eigenvalue weighted by Crippen LogP contribution is -2.53. The molecule has 0 heterocycles. The minimum absolute atomic E-state index is 0.0823. The van der Waals surface area contributed by atoms with Crippen molar-refractivity contribution in [3.05, 3.63) is 58.7 Å². The number of rotatable bonds is 6. The van der Waals surface area contributed by atoms with Gasteiger partial charge in [0, 0.05) is 50.4 Å². The zero-order valence-corrected chi connectivity index (χ0v) is 76.7. The second-order valence-electron chi connectivity index (χ2n) is 48.4. The summed E-state index contributed by atoms with van der Waals surface area (Å²) in [5.41, 5.74) is 9.16. The van der Waals surface area contributed by atoms with Gasteiger partial charge in [0.1, 0.15) is 23.1 Å². The molecule has 20 aliphatic carbocycles. The molecular formula is C108H164O9. The highest BCUT2D eigenvalue weighted by atomic mass is 16.3. The molecule has 0 aromatic rings. The smallest absolute Gasteiger partial charge is 0.155 e. The third kappa shape index (κ3) is 14.6. The lowest BCUT2D eigenvalue weighted by Gasteiger charge is -2.60. The first-order chi connectivity index (χ1) is 55.3. The van der Waals surface area contributed by atoms with E-state index in [9.17, 15) is 44.1 Å². The van der Waals surface area contributed by atoms with Gasteiger partial charge in [-0.3, -0.25) is 28.8 Å². The first-order valence-electron chi connectivity index (χ1n) is 49.9. The van der Waals surface area contributed by atoms with E-state index in [-0.39, 0.29) is 50.8 Å². The van der Waals surface area contributed by atoms with E-state index < -0.39 is 0 Å². The van der Waals surface area contributed by atoms with E-state index in [1.807, 2.05) is 26.0 Å². The molecule has 9 nitrogen and oxygen atoms in total. The molecule has 0 aliphatic heterocycles. The summed E-state index contributed by atoms with van der Waals surface area (Å²) in [5, 5.41) is 31.1. The average molecular weight is 1610 g/mol. The Bertz CT molecular complexity index is 3770. The fourth-order valence-electron chi connectivity index (χ4n) is 36.1. The number of Topliss-reactive ketones (excluding diaryl/α,β-unsaturated/α-hetero) is 4. The molecule has 0 aromatic heterocycles. The fraction of sp³-hybridized carbons (Fsp3) is 0.852. The normalized spacial score (nSPS) is 50.5. The molecule has 0 amide bonds. The maximum absolute atomic E-state index is 12.2. The van der Waals surface area contributed by atoms with Gasteiger partial charge in [-0.05, 0) is 423 Å². The maximum Gasteiger partial charge on any atom is 0.155 e. The highest BCUT2D eigenvalue weighted by Gasteiger charge is 2.66. The fourth-order valence-corrected chi connectivity index (χ4v) is 36.1. The van der Waals surface area contributed by atoms with E-state index in [1.54, 1.807) is 5.57 Å². The SMILES string of the molecule is CC(=O)[C@@H]1CC[C@@H]2[C@H]3CC[C@H]4CC(=O)CC[C@]4(C)[C@H]3CC[C@]21C.CC(=O)[C@H]1CC[C@H]2[C@@H]3CC[C@@H]4CC(=O)CC[C@@]4(C)[C@@H]3CC[C@]12C.CC(C)[C@@H](C)/C=C/[C@@H](C)[C@H]1CC[C@H]2C3=CC=C4C[C@@H](O)CC[C@@]4(C)[C@@H]3CC[C@]12C.C[C@@]12CC[C@@H]3[C@H](CCC4=CC(=O)CC[C@]43C)[C@H]1CC[C@H]2O.C[C@]12CC[C@H]3[C@@H](CCC4=CC(=O)CC[C@@]43C)[C@@H]1CC[C@@H]2O. The molecule has 0 radical (unpaired) electrons. The van der Waals surface area contributed by atoms with Gasteiger partial charge in [-0.25, -0.2) is 0 Å². The molecule has 3 N–H and O–H groups in total. The molecule has 9 heteroatoms. The Hall–Kier alpha value is -3.40. The Balaban J connectivity index is 0.000000110. The Morgan fingerprint density at radius 1 is 0.359 bits per heavy atom. The Labute approximate surface area is 710 Å². The lowest BCUT2D eigenvalue weighted by molar-refractivity contribution is -0.143. The van der Waals surface area contributed by atoms with Crippen molar-refractivity contribution in [2.24, 2.45) is 184 Å². The predicted octanol–water partition coefficient (Wildman–Crippen LogP) is 24.7.